The predicted octanol–water partition coefficient (Wildman–Crippen LogP) is 4.22. The summed E-state index contributed by atoms with van der Waals surface area (Å²) >= 11 is 0. The molecule has 142 valence electrons. The summed E-state index contributed by atoms with van der Waals surface area (Å²) in [5, 5.41) is 3.38. The van der Waals surface area contributed by atoms with Crippen molar-refractivity contribution in [3.05, 3.63) is 65.4 Å². The van der Waals surface area contributed by atoms with Gasteiger partial charge in [-0.2, -0.15) is 0 Å². The van der Waals surface area contributed by atoms with E-state index in [9.17, 15) is 0 Å². The summed E-state index contributed by atoms with van der Waals surface area (Å²) in [7, 11) is 4.34. The van der Waals surface area contributed by atoms with Crippen molar-refractivity contribution in [2.75, 3.05) is 27.2 Å². The van der Waals surface area contributed by atoms with Crippen molar-refractivity contribution in [2.24, 2.45) is 0 Å². The van der Waals surface area contributed by atoms with Crippen molar-refractivity contribution in [2.45, 2.75) is 46.1 Å². The number of allylic oxidation sites excluding steroid dienone is 4. The molecule has 0 amide bonds. The van der Waals surface area contributed by atoms with Gasteiger partial charge in [0.1, 0.15) is 0 Å². The SMILES string of the molecule is CC1=CC=C/C(=C/N(C)CCCCCCN(C)Cc2cccc(C)n2)N1. The summed E-state index contributed by atoms with van der Waals surface area (Å²) < 4.78 is 0. The molecule has 1 N–H and O–H groups in total. The molecule has 0 aliphatic carbocycles. The minimum absolute atomic E-state index is 0.937. The number of nitrogens with one attached hydrogen (secondary N) is 1. The topological polar surface area (TPSA) is 31.4 Å². The van der Waals surface area contributed by atoms with E-state index in [4.69, 9.17) is 0 Å². The maximum atomic E-state index is 4.58. The van der Waals surface area contributed by atoms with Gasteiger partial charge in [0.15, 0.2) is 0 Å². The molecule has 26 heavy (non-hydrogen) atoms. The van der Waals surface area contributed by atoms with Crippen LogP contribution in [0.4, 0.5) is 0 Å². The Morgan fingerprint density at radius 3 is 2.54 bits per heavy atom. The van der Waals surface area contributed by atoms with E-state index in [1.54, 1.807) is 0 Å². The highest BCUT2D eigenvalue weighted by molar-refractivity contribution is 5.30. The lowest BCUT2D eigenvalue weighted by Gasteiger charge is -2.18. The third kappa shape index (κ3) is 7.87. The van der Waals surface area contributed by atoms with E-state index in [2.05, 4.69) is 90.7 Å². The molecule has 2 heterocycles. The number of pyridine rings is 1. The van der Waals surface area contributed by atoms with Crippen molar-refractivity contribution in [1.29, 1.82) is 0 Å². The fourth-order valence-electron chi connectivity index (χ4n) is 3.12. The second-order valence-corrected chi connectivity index (χ2v) is 7.32. The molecule has 0 aromatic carbocycles. The lowest BCUT2D eigenvalue weighted by atomic mass is 10.2. The molecule has 0 atom stereocenters. The maximum Gasteiger partial charge on any atom is 0.0547 e. The van der Waals surface area contributed by atoms with Crippen LogP contribution in [0, 0.1) is 6.92 Å². The second kappa shape index (κ2) is 10.8. The van der Waals surface area contributed by atoms with Crippen LogP contribution in [-0.2, 0) is 6.54 Å². The smallest absolute Gasteiger partial charge is 0.0547 e. The zero-order valence-corrected chi connectivity index (χ0v) is 16.8. The Kier molecular flexibility index (Phi) is 8.42. The summed E-state index contributed by atoms with van der Waals surface area (Å²) in [4.78, 5) is 9.23. The van der Waals surface area contributed by atoms with Gasteiger partial charge in [-0.1, -0.05) is 25.0 Å². The summed E-state index contributed by atoms with van der Waals surface area (Å²) in [5.41, 5.74) is 4.62. The van der Waals surface area contributed by atoms with Gasteiger partial charge in [0, 0.05) is 37.7 Å². The van der Waals surface area contributed by atoms with Crippen molar-refractivity contribution in [3.63, 3.8) is 0 Å². The molecule has 4 heteroatoms. The quantitative estimate of drug-likeness (QED) is 0.638. The van der Waals surface area contributed by atoms with Gasteiger partial charge < -0.3 is 15.1 Å². The number of hydrogen-bond acceptors (Lipinski definition) is 4. The van der Waals surface area contributed by atoms with E-state index in [-0.39, 0.29) is 0 Å². The van der Waals surface area contributed by atoms with Gasteiger partial charge in [-0.05, 0) is 64.6 Å². The van der Waals surface area contributed by atoms with Crippen molar-refractivity contribution < 1.29 is 0 Å². The van der Waals surface area contributed by atoms with Crippen LogP contribution in [0.2, 0.25) is 0 Å². The minimum atomic E-state index is 0.937. The normalized spacial score (nSPS) is 15.3. The van der Waals surface area contributed by atoms with Crippen LogP contribution in [0.25, 0.3) is 0 Å². The summed E-state index contributed by atoms with van der Waals surface area (Å²) in [6.45, 7) is 7.31. The van der Waals surface area contributed by atoms with Crippen molar-refractivity contribution in [3.8, 4) is 0 Å². The molecular weight excluding hydrogens is 320 g/mol. The fourth-order valence-corrected chi connectivity index (χ4v) is 3.12. The molecule has 0 radical (unpaired) electrons. The van der Waals surface area contributed by atoms with E-state index in [1.807, 2.05) is 0 Å². The van der Waals surface area contributed by atoms with Crippen LogP contribution in [0.1, 0.15) is 44.0 Å². The van der Waals surface area contributed by atoms with Crippen LogP contribution in [0.3, 0.4) is 0 Å². The first-order chi connectivity index (χ1) is 12.5. The van der Waals surface area contributed by atoms with Crippen molar-refractivity contribution in [1.82, 2.24) is 20.1 Å². The molecule has 4 nitrogen and oxygen atoms in total. The maximum absolute atomic E-state index is 4.58. The first-order valence-electron chi connectivity index (χ1n) is 9.68. The average molecular weight is 355 g/mol. The highest BCUT2D eigenvalue weighted by Crippen LogP contribution is 2.08. The third-order valence-electron chi connectivity index (χ3n) is 4.50. The van der Waals surface area contributed by atoms with Crippen LogP contribution in [-0.4, -0.2) is 42.0 Å². The Labute approximate surface area is 159 Å². The molecule has 2 rings (SSSR count). The van der Waals surface area contributed by atoms with Gasteiger partial charge in [0.25, 0.3) is 0 Å². The number of rotatable bonds is 10. The van der Waals surface area contributed by atoms with Crippen LogP contribution in [0.5, 0.6) is 0 Å². The Balaban J connectivity index is 1.54. The third-order valence-corrected chi connectivity index (χ3v) is 4.50. The van der Waals surface area contributed by atoms with E-state index in [0.717, 1.165) is 31.0 Å². The molecule has 0 saturated carbocycles. The molecule has 0 spiro atoms. The number of aromatic nitrogens is 1. The molecule has 0 bridgehead atoms. The molecule has 1 aliphatic rings. The molecule has 1 aromatic rings. The summed E-state index contributed by atoms with van der Waals surface area (Å²) in [6, 6.07) is 6.25. The van der Waals surface area contributed by atoms with E-state index in [0.29, 0.717) is 0 Å². The zero-order chi connectivity index (χ0) is 18.8. The number of unbranched alkanes of at least 4 members (excludes halogenated alkanes) is 3. The average Bonchev–Trinajstić information content (AvgIpc) is 2.58. The van der Waals surface area contributed by atoms with Gasteiger partial charge in [0.2, 0.25) is 0 Å². The van der Waals surface area contributed by atoms with Crippen molar-refractivity contribution >= 4 is 0 Å². The Morgan fingerprint density at radius 2 is 1.81 bits per heavy atom. The number of hydrogen-bond donors (Lipinski definition) is 1. The first-order valence-corrected chi connectivity index (χ1v) is 9.68. The second-order valence-electron chi connectivity index (χ2n) is 7.32. The lowest BCUT2D eigenvalue weighted by molar-refractivity contribution is 0.311. The van der Waals surface area contributed by atoms with Gasteiger partial charge in [0.05, 0.1) is 11.4 Å². The Bertz CT molecular complexity index is 645. The van der Waals surface area contributed by atoms with Crippen LogP contribution >= 0.6 is 0 Å². The molecule has 0 fully saturated rings. The van der Waals surface area contributed by atoms with Crippen LogP contribution in [0.15, 0.2) is 54.0 Å². The minimum Gasteiger partial charge on any atom is -0.379 e. The van der Waals surface area contributed by atoms with Gasteiger partial charge in [-0.3, -0.25) is 4.98 Å². The zero-order valence-electron chi connectivity index (χ0n) is 16.8. The monoisotopic (exact) mass is 354 g/mol. The highest BCUT2D eigenvalue weighted by atomic mass is 15.1. The molecule has 1 aromatic heterocycles. The molecular formula is C22H34N4. The molecule has 0 unspecified atom stereocenters. The van der Waals surface area contributed by atoms with Crippen LogP contribution < -0.4 is 5.32 Å². The standard InChI is InChI=1S/C22H34N4/c1-19-11-9-13-21(23-19)17-25(3)15-7-5-6-8-16-26(4)18-22-14-10-12-20(2)24-22/h9-14,17,23H,5-8,15-16,18H2,1-4H3/b21-17-. The predicted molar refractivity (Wildman–Crippen MR) is 111 cm³/mol. The summed E-state index contributed by atoms with van der Waals surface area (Å²) in [6.07, 6.45) is 13.5. The summed E-state index contributed by atoms with van der Waals surface area (Å²) in [5.74, 6) is 0. The molecule has 0 saturated heterocycles. The largest absolute Gasteiger partial charge is 0.379 e. The Hall–Kier alpha value is -2.07. The fraction of sp³-hybridized carbons (Fsp3) is 0.500. The first kappa shape index (κ1) is 20.2. The van der Waals surface area contributed by atoms with Gasteiger partial charge >= 0.3 is 0 Å². The van der Waals surface area contributed by atoms with E-state index < -0.39 is 0 Å². The van der Waals surface area contributed by atoms with Gasteiger partial charge in [-0.15, -0.1) is 0 Å². The van der Waals surface area contributed by atoms with E-state index >= 15 is 0 Å². The Morgan fingerprint density at radius 1 is 1.04 bits per heavy atom. The van der Waals surface area contributed by atoms with Gasteiger partial charge in [-0.25, -0.2) is 0 Å². The number of nitrogens with zero attached hydrogens (tertiary/aromatic N) is 3. The lowest BCUT2D eigenvalue weighted by Crippen LogP contribution is -2.20. The number of dihydropyridines is 1. The number of aryl methyl sites for hydroxylation is 1. The van der Waals surface area contributed by atoms with E-state index in [1.165, 1.54) is 37.1 Å². The highest BCUT2D eigenvalue weighted by Gasteiger charge is 2.03. The molecule has 1 aliphatic heterocycles.